The summed E-state index contributed by atoms with van der Waals surface area (Å²) < 4.78 is 0. The average Bonchev–Trinajstić information content (AvgIpc) is 2.36. The highest BCUT2D eigenvalue weighted by Gasteiger charge is 2.06. The number of carbonyl (C=O) groups is 1. The molecule has 0 saturated carbocycles. The number of carbonyl (C=O) groups excluding carboxylic acids is 1. The molecule has 1 amide bonds. The van der Waals surface area contributed by atoms with E-state index >= 15 is 0 Å². The SMILES string of the molecule is Cc1cscc1C(=O)N=[N+]=[N-]. The Bertz CT molecular complexity index is 324. The number of rotatable bonds is 1. The monoisotopic (exact) mass is 167 g/mol. The highest BCUT2D eigenvalue weighted by atomic mass is 32.1. The highest BCUT2D eigenvalue weighted by Crippen LogP contribution is 2.14. The minimum absolute atomic E-state index is 0.493. The van der Waals surface area contributed by atoms with Crippen molar-refractivity contribution >= 4 is 17.2 Å². The minimum atomic E-state index is -0.508. The third-order valence-corrected chi connectivity index (χ3v) is 2.08. The van der Waals surface area contributed by atoms with Crippen LogP contribution < -0.4 is 0 Å². The molecule has 1 rings (SSSR count). The van der Waals surface area contributed by atoms with Gasteiger partial charge in [-0.2, -0.15) is 11.3 Å². The first-order valence-electron chi connectivity index (χ1n) is 2.88. The van der Waals surface area contributed by atoms with Gasteiger partial charge in [-0.05, 0) is 28.5 Å². The van der Waals surface area contributed by atoms with E-state index < -0.39 is 5.91 Å². The average molecular weight is 167 g/mol. The fraction of sp³-hybridized carbons (Fsp3) is 0.167. The number of azide groups is 1. The molecule has 0 aromatic carbocycles. The first kappa shape index (κ1) is 7.78. The zero-order chi connectivity index (χ0) is 8.27. The molecular weight excluding hydrogens is 162 g/mol. The molecule has 1 aromatic rings. The molecule has 4 nitrogen and oxygen atoms in total. The number of hydrogen-bond donors (Lipinski definition) is 0. The van der Waals surface area contributed by atoms with Gasteiger partial charge in [-0.1, -0.05) is 0 Å². The van der Waals surface area contributed by atoms with Crippen molar-refractivity contribution in [3.8, 4) is 0 Å². The van der Waals surface area contributed by atoms with Crippen molar-refractivity contribution in [1.29, 1.82) is 0 Å². The molecule has 0 atom stereocenters. The van der Waals surface area contributed by atoms with Crippen molar-refractivity contribution in [3.05, 3.63) is 32.3 Å². The Morgan fingerprint density at radius 2 is 2.45 bits per heavy atom. The number of aryl methyl sites for hydroxylation is 1. The smallest absolute Gasteiger partial charge is 0.250 e. The predicted molar refractivity (Wildman–Crippen MR) is 42.5 cm³/mol. The summed E-state index contributed by atoms with van der Waals surface area (Å²) in [5.74, 6) is -0.508. The van der Waals surface area contributed by atoms with E-state index in [1.807, 2.05) is 5.38 Å². The van der Waals surface area contributed by atoms with Gasteiger partial charge < -0.3 is 0 Å². The lowest BCUT2D eigenvalue weighted by Gasteiger charge is -1.88. The number of amides is 1. The van der Waals surface area contributed by atoms with Gasteiger partial charge in [-0.3, -0.25) is 4.79 Å². The number of nitrogens with zero attached hydrogens (tertiary/aromatic N) is 3. The maximum absolute atomic E-state index is 10.9. The van der Waals surface area contributed by atoms with Crippen molar-refractivity contribution in [2.45, 2.75) is 6.92 Å². The molecule has 56 valence electrons. The maximum Gasteiger partial charge on any atom is 0.250 e. The molecule has 11 heavy (non-hydrogen) atoms. The third-order valence-electron chi connectivity index (χ3n) is 1.22. The molecule has 0 spiro atoms. The van der Waals surface area contributed by atoms with Gasteiger partial charge in [0.05, 0.1) is 0 Å². The Labute approximate surface area is 67.1 Å². The Morgan fingerprint density at radius 3 is 2.91 bits per heavy atom. The zero-order valence-corrected chi connectivity index (χ0v) is 6.63. The fourth-order valence-electron chi connectivity index (χ4n) is 0.674. The Kier molecular flexibility index (Phi) is 2.25. The van der Waals surface area contributed by atoms with Crippen LogP contribution in [0.2, 0.25) is 0 Å². The van der Waals surface area contributed by atoms with E-state index in [4.69, 9.17) is 5.53 Å². The molecule has 0 saturated heterocycles. The van der Waals surface area contributed by atoms with Crippen LogP contribution >= 0.6 is 11.3 Å². The maximum atomic E-state index is 10.9. The molecule has 0 fully saturated rings. The van der Waals surface area contributed by atoms with Crippen LogP contribution in [-0.2, 0) is 0 Å². The largest absolute Gasteiger partial charge is 0.287 e. The van der Waals surface area contributed by atoms with Crippen molar-refractivity contribution < 1.29 is 4.79 Å². The second-order valence-electron chi connectivity index (χ2n) is 1.96. The summed E-state index contributed by atoms with van der Waals surface area (Å²) in [6, 6.07) is 0. The van der Waals surface area contributed by atoms with Gasteiger partial charge >= 0.3 is 0 Å². The van der Waals surface area contributed by atoms with Crippen LogP contribution in [0.1, 0.15) is 15.9 Å². The third kappa shape index (κ3) is 1.58. The van der Waals surface area contributed by atoms with Crippen LogP contribution in [0.3, 0.4) is 0 Å². The molecule has 0 radical (unpaired) electrons. The van der Waals surface area contributed by atoms with Gasteiger partial charge in [0.2, 0.25) is 5.91 Å². The van der Waals surface area contributed by atoms with E-state index in [0.29, 0.717) is 5.56 Å². The molecule has 0 N–H and O–H groups in total. The quantitative estimate of drug-likeness (QED) is 0.360. The van der Waals surface area contributed by atoms with E-state index in [1.165, 1.54) is 11.3 Å². The van der Waals surface area contributed by atoms with Crippen LogP contribution in [0.4, 0.5) is 0 Å². The van der Waals surface area contributed by atoms with Crippen molar-refractivity contribution in [1.82, 2.24) is 0 Å². The Balaban J connectivity index is 3.02. The number of hydrogen-bond acceptors (Lipinski definition) is 2. The Hall–Kier alpha value is -1.32. The molecule has 1 heterocycles. The second-order valence-corrected chi connectivity index (χ2v) is 2.71. The zero-order valence-electron chi connectivity index (χ0n) is 5.81. The summed E-state index contributed by atoms with van der Waals surface area (Å²) in [7, 11) is 0. The van der Waals surface area contributed by atoms with Crippen LogP contribution in [0.5, 0.6) is 0 Å². The van der Waals surface area contributed by atoms with Crippen molar-refractivity contribution in [2.75, 3.05) is 0 Å². The van der Waals surface area contributed by atoms with E-state index in [2.05, 4.69) is 10.0 Å². The summed E-state index contributed by atoms with van der Waals surface area (Å²) in [5.41, 5.74) is 9.31. The van der Waals surface area contributed by atoms with Crippen LogP contribution in [0.15, 0.2) is 15.9 Å². The van der Waals surface area contributed by atoms with E-state index in [0.717, 1.165) is 5.56 Å². The van der Waals surface area contributed by atoms with Crippen LogP contribution in [0, 0.1) is 6.92 Å². The second kappa shape index (κ2) is 3.18. The molecule has 1 aromatic heterocycles. The van der Waals surface area contributed by atoms with Gasteiger partial charge in [0.15, 0.2) is 0 Å². The summed E-state index contributed by atoms with van der Waals surface area (Å²) in [5, 5.41) is 6.48. The summed E-state index contributed by atoms with van der Waals surface area (Å²) in [4.78, 5) is 13.3. The molecule has 0 aliphatic rings. The van der Waals surface area contributed by atoms with Gasteiger partial charge in [0.1, 0.15) is 0 Å². The topological polar surface area (TPSA) is 65.8 Å². The van der Waals surface area contributed by atoms with Crippen LogP contribution in [-0.4, -0.2) is 5.91 Å². The molecule has 0 bridgehead atoms. The summed E-state index contributed by atoms with van der Waals surface area (Å²) in [6.07, 6.45) is 0. The lowest BCUT2D eigenvalue weighted by atomic mass is 10.2. The van der Waals surface area contributed by atoms with Crippen molar-refractivity contribution in [3.63, 3.8) is 0 Å². The fourth-order valence-corrected chi connectivity index (χ4v) is 1.50. The van der Waals surface area contributed by atoms with E-state index in [1.54, 1.807) is 12.3 Å². The van der Waals surface area contributed by atoms with E-state index in [-0.39, 0.29) is 0 Å². The van der Waals surface area contributed by atoms with Crippen LogP contribution in [0.25, 0.3) is 10.4 Å². The summed E-state index contributed by atoms with van der Waals surface area (Å²) >= 11 is 1.42. The standard InChI is InChI=1S/C6H5N3OS/c1-4-2-11-3-5(4)6(10)8-9-7/h2-3H,1H3. The lowest BCUT2D eigenvalue weighted by molar-refractivity contribution is 0.100. The van der Waals surface area contributed by atoms with Gasteiger partial charge in [-0.25, -0.2) is 0 Å². The molecule has 5 heteroatoms. The van der Waals surface area contributed by atoms with Crippen molar-refractivity contribution in [2.24, 2.45) is 5.11 Å². The van der Waals surface area contributed by atoms with E-state index in [9.17, 15) is 4.79 Å². The highest BCUT2D eigenvalue weighted by molar-refractivity contribution is 7.08. The summed E-state index contributed by atoms with van der Waals surface area (Å²) in [6.45, 7) is 1.80. The van der Waals surface area contributed by atoms with Gasteiger partial charge in [0.25, 0.3) is 0 Å². The lowest BCUT2D eigenvalue weighted by Crippen LogP contribution is -1.91. The molecule has 0 unspecified atom stereocenters. The normalized spacial score (nSPS) is 8.82. The van der Waals surface area contributed by atoms with Gasteiger partial charge in [0, 0.05) is 15.9 Å². The number of thiophene rings is 1. The Morgan fingerprint density at radius 1 is 1.73 bits per heavy atom. The van der Waals surface area contributed by atoms with Gasteiger partial charge in [-0.15, -0.1) is 0 Å². The first-order chi connectivity index (χ1) is 5.25. The molecule has 0 aliphatic carbocycles. The minimum Gasteiger partial charge on any atom is -0.287 e. The molecule has 0 aliphatic heterocycles. The first-order valence-corrected chi connectivity index (χ1v) is 3.82. The predicted octanol–water partition coefficient (Wildman–Crippen LogP) is 2.51. The molecular formula is C6H5N3OS.